The zero-order chi connectivity index (χ0) is 18.1. The lowest BCUT2D eigenvalue weighted by atomic mass is 10.0. The Bertz CT molecular complexity index is 720. The van der Waals surface area contributed by atoms with Crippen LogP contribution in [-0.2, 0) is 14.8 Å². The highest BCUT2D eigenvalue weighted by Crippen LogP contribution is 2.33. The first-order chi connectivity index (χ1) is 11.2. The number of benzene rings is 1. The second-order valence-corrected chi connectivity index (χ2v) is 8.33. The molecule has 134 valence electrons. The van der Waals surface area contributed by atoms with Crippen LogP contribution >= 0.6 is 0 Å². The predicted molar refractivity (Wildman–Crippen MR) is 92.8 cm³/mol. The Morgan fingerprint density at radius 3 is 2.21 bits per heavy atom. The minimum atomic E-state index is -3.58. The van der Waals surface area contributed by atoms with Gasteiger partial charge in [-0.2, -0.15) is 4.31 Å². The Morgan fingerprint density at radius 2 is 1.75 bits per heavy atom. The lowest BCUT2D eigenvalue weighted by Gasteiger charge is -2.33. The van der Waals surface area contributed by atoms with Crippen molar-refractivity contribution < 1.29 is 17.9 Å². The summed E-state index contributed by atoms with van der Waals surface area (Å²) in [6.45, 7) is 8.82. The summed E-state index contributed by atoms with van der Waals surface area (Å²) in [6, 6.07) is 3.51. The van der Waals surface area contributed by atoms with Crippen molar-refractivity contribution in [3.63, 3.8) is 0 Å². The summed E-state index contributed by atoms with van der Waals surface area (Å²) in [5.41, 5.74) is 1.55. The van der Waals surface area contributed by atoms with Gasteiger partial charge in [-0.25, -0.2) is 8.42 Å². The van der Waals surface area contributed by atoms with Crippen LogP contribution in [0.15, 0.2) is 17.0 Å². The lowest BCUT2D eigenvalue weighted by Crippen LogP contribution is -2.50. The molecule has 0 unspecified atom stereocenters. The van der Waals surface area contributed by atoms with Gasteiger partial charge in [0.1, 0.15) is 5.75 Å². The van der Waals surface area contributed by atoms with Gasteiger partial charge in [-0.05, 0) is 36.1 Å². The van der Waals surface area contributed by atoms with E-state index in [-0.39, 0.29) is 11.8 Å². The molecule has 1 aliphatic rings. The third kappa shape index (κ3) is 3.57. The van der Waals surface area contributed by atoms with Crippen LogP contribution in [0.2, 0.25) is 0 Å². The summed E-state index contributed by atoms with van der Waals surface area (Å²) in [7, 11) is -1.99. The molecule has 1 amide bonds. The van der Waals surface area contributed by atoms with Crippen LogP contribution in [-0.4, -0.2) is 56.8 Å². The zero-order valence-electron chi connectivity index (χ0n) is 15.0. The molecule has 1 aromatic rings. The van der Waals surface area contributed by atoms with E-state index in [0.717, 1.165) is 5.56 Å². The number of methoxy groups -OCH3 is 1. The largest absolute Gasteiger partial charge is 0.496 e. The lowest BCUT2D eigenvalue weighted by molar-refractivity contribution is -0.129. The SMILES string of the molecule is COc1cc(C)c(S(=O)(=O)N2CCN(C(C)=O)CC2)cc1C(C)C. The first-order valence-corrected chi connectivity index (χ1v) is 9.56. The van der Waals surface area contributed by atoms with Gasteiger partial charge in [0.25, 0.3) is 0 Å². The molecular weight excluding hydrogens is 328 g/mol. The number of hydrogen-bond donors (Lipinski definition) is 0. The summed E-state index contributed by atoms with van der Waals surface area (Å²) in [6.07, 6.45) is 0. The maximum absolute atomic E-state index is 13.0. The first kappa shape index (κ1) is 18.7. The van der Waals surface area contributed by atoms with Crippen molar-refractivity contribution >= 4 is 15.9 Å². The normalized spacial score (nSPS) is 16.5. The number of carbonyl (C=O) groups excluding carboxylic acids is 1. The maximum atomic E-state index is 13.0. The standard InChI is InChI=1S/C17H26N2O4S/c1-12(2)15-11-17(13(3)10-16(15)23-5)24(21,22)19-8-6-18(7-9-19)14(4)20/h10-12H,6-9H2,1-5H3. The van der Waals surface area contributed by atoms with Crippen molar-refractivity contribution in [3.8, 4) is 5.75 Å². The predicted octanol–water partition coefficient (Wildman–Crippen LogP) is 1.98. The van der Waals surface area contributed by atoms with Crippen molar-refractivity contribution in [1.29, 1.82) is 0 Å². The minimum Gasteiger partial charge on any atom is -0.496 e. The average Bonchev–Trinajstić information content (AvgIpc) is 2.53. The van der Waals surface area contributed by atoms with Crippen LogP contribution in [0.3, 0.4) is 0 Å². The zero-order valence-corrected chi connectivity index (χ0v) is 15.8. The first-order valence-electron chi connectivity index (χ1n) is 8.12. The molecule has 0 N–H and O–H groups in total. The van der Waals surface area contributed by atoms with E-state index in [2.05, 4.69) is 0 Å². The monoisotopic (exact) mass is 354 g/mol. The van der Waals surface area contributed by atoms with E-state index in [0.29, 0.717) is 42.4 Å². The van der Waals surface area contributed by atoms with Gasteiger partial charge in [0.05, 0.1) is 12.0 Å². The second-order valence-electron chi connectivity index (χ2n) is 6.42. The van der Waals surface area contributed by atoms with Crippen LogP contribution in [0.4, 0.5) is 0 Å². The number of ether oxygens (including phenoxy) is 1. The summed E-state index contributed by atoms with van der Waals surface area (Å²) in [5.74, 6) is 0.849. The number of sulfonamides is 1. The van der Waals surface area contributed by atoms with Crippen molar-refractivity contribution in [2.45, 2.75) is 38.5 Å². The molecule has 7 heteroatoms. The summed E-state index contributed by atoms with van der Waals surface area (Å²) in [4.78, 5) is 13.4. The summed E-state index contributed by atoms with van der Waals surface area (Å²) < 4.78 is 32.9. The van der Waals surface area contributed by atoms with Gasteiger partial charge in [0.15, 0.2) is 0 Å². The smallest absolute Gasteiger partial charge is 0.243 e. The van der Waals surface area contributed by atoms with E-state index in [4.69, 9.17) is 4.74 Å². The number of hydrogen-bond acceptors (Lipinski definition) is 4. The number of nitrogens with zero attached hydrogens (tertiary/aromatic N) is 2. The molecule has 1 aliphatic heterocycles. The van der Waals surface area contributed by atoms with Crippen molar-refractivity contribution in [1.82, 2.24) is 9.21 Å². The Balaban J connectivity index is 2.36. The molecule has 0 aliphatic carbocycles. The molecule has 1 fully saturated rings. The van der Waals surface area contributed by atoms with Crippen LogP contribution < -0.4 is 4.74 Å². The fourth-order valence-electron chi connectivity index (χ4n) is 2.97. The molecule has 1 heterocycles. The van der Waals surface area contributed by atoms with E-state index in [1.807, 2.05) is 13.8 Å². The minimum absolute atomic E-state index is 0.0187. The Labute approximate surface area is 144 Å². The molecule has 2 rings (SSSR count). The molecule has 0 spiro atoms. The molecule has 6 nitrogen and oxygen atoms in total. The van der Waals surface area contributed by atoms with Crippen molar-refractivity contribution in [3.05, 3.63) is 23.3 Å². The van der Waals surface area contributed by atoms with Crippen molar-refractivity contribution in [2.24, 2.45) is 0 Å². The van der Waals surface area contributed by atoms with Gasteiger partial charge in [-0.3, -0.25) is 4.79 Å². The number of aryl methyl sites for hydroxylation is 1. The third-order valence-corrected chi connectivity index (χ3v) is 6.49. The maximum Gasteiger partial charge on any atom is 0.243 e. The Hall–Kier alpha value is -1.60. The van der Waals surface area contributed by atoms with E-state index >= 15 is 0 Å². The van der Waals surface area contributed by atoms with Gasteiger partial charge >= 0.3 is 0 Å². The third-order valence-electron chi connectivity index (χ3n) is 4.45. The van der Waals surface area contributed by atoms with Crippen LogP contribution in [0, 0.1) is 6.92 Å². The molecule has 1 aromatic carbocycles. The number of amides is 1. The Morgan fingerprint density at radius 1 is 1.17 bits per heavy atom. The fraction of sp³-hybridized carbons (Fsp3) is 0.588. The van der Waals surface area contributed by atoms with E-state index in [9.17, 15) is 13.2 Å². The van der Waals surface area contributed by atoms with Gasteiger partial charge in [-0.1, -0.05) is 13.8 Å². The van der Waals surface area contributed by atoms with E-state index in [1.54, 1.807) is 31.1 Å². The highest BCUT2D eigenvalue weighted by molar-refractivity contribution is 7.89. The van der Waals surface area contributed by atoms with Crippen LogP contribution in [0.5, 0.6) is 5.75 Å². The molecule has 0 bridgehead atoms. The quantitative estimate of drug-likeness (QED) is 0.829. The summed E-state index contributed by atoms with van der Waals surface area (Å²) >= 11 is 0. The van der Waals surface area contributed by atoms with Gasteiger partial charge in [0.2, 0.25) is 15.9 Å². The van der Waals surface area contributed by atoms with Crippen LogP contribution in [0.25, 0.3) is 0 Å². The van der Waals surface area contributed by atoms with E-state index < -0.39 is 10.0 Å². The number of piperazine rings is 1. The molecule has 0 radical (unpaired) electrons. The number of carbonyl (C=O) groups is 1. The molecule has 0 aromatic heterocycles. The number of rotatable bonds is 4. The van der Waals surface area contributed by atoms with Crippen molar-refractivity contribution in [2.75, 3.05) is 33.3 Å². The van der Waals surface area contributed by atoms with E-state index in [1.165, 1.54) is 11.2 Å². The van der Waals surface area contributed by atoms with Crippen LogP contribution in [0.1, 0.15) is 37.8 Å². The van der Waals surface area contributed by atoms with Gasteiger partial charge < -0.3 is 9.64 Å². The fourth-order valence-corrected chi connectivity index (χ4v) is 4.63. The molecule has 24 heavy (non-hydrogen) atoms. The summed E-state index contributed by atoms with van der Waals surface area (Å²) in [5, 5.41) is 0. The highest BCUT2D eigenvalue weighted by Gasteiger charge is 2.31. The van der Waals surface area contributed by atoms with Gasteiger partial charge in [0, 0.05) is 33.1 Å². The molecule has 0 atom stereocenters. The second kappa shape index (κ2) is 7.11. The molecule has 1 saturated heterocycles. The molecule has 0 saturated carbocycles. The highest BCUT2D eigenvalue weighted by atomic mass is 32.2. The topological polar surface area (TPSA) is 66.9 Å². The molecular formula is C17H26N2O4S. The average molecular weight is 354 g/mol. The van der Waals surface area contributed by atoms with Gasteiger partial charge in [-0.15, -0.1) is 0 Å². The Kier molecular flexibility index (Phi) is 5.55.